The van der Waals surface area contributed by atoms with Gasteiger partial charge in [0.15, 0.2) is 0 Å². The van der Waals surface area contributed by atoms with E-state index < -0.39 is 11.6 Å². The van der Waals surface area contributed by atoms with Gasteiger partial charge in [0.1, 0.15) is 16.9 Å². The summed E-state index contributed by atoms with van der Waals surface area (Å²) in [7, 11) is 0. The van der Waals surface area contributed by atoms with E-state index in [0.29, 0.717) is 32.7 Å². The lowest BCUT2D eigenvalue weighted by Crippen LogP contribution is -2.07. The zero-order valence-electron chi connectivity index (χ0n) is 15.4. The standard InChI is InChI=1S/C24H13ClO5/c25-17-8-5-14(6-9-17)19-11-16-7-10-18(13-21(16)30-23(19)26)28-24(27)22-12-15-3-1-2-4-20(15)29-22/h1-13H. The minimum atomic E-state index is -0.634. The molecular formula is C24H13ClO5. The number of para-hydroxylation sites is 1. The van der Waals surface area contributed by atoms with Gasteiger partial charge in [0, 0.05) is 21.9 Å². The van der Waals surface area contributed by atoms with Gasteiger partial charge < -0.3 is 13.6 Å². The monoisotopic (exact) mass is 416 g/mol. The number of fused-ring (bicyclic) bond motifs is 2. The van der Waals surface area contributed by atoms with Crippen molar-refractivity contribution in [3.05, 3.63) is 100 Å². The van der Waals surface area contributed by atoms with Crippen LogP contribution in [0.15, 0.2) is 92.5 Å². The first kappa shape index (κ1) is 18.2. The third-order valence-electron chi connectivity index (χ3n) is 4.70. The van der Waals surface area contributed by atoms with Crippen molar-refractivity contribution in [3.8, 4) is 16.9 Å². The molecule has 0 amide bonds. The third-order valence-corrected chi connectivity index (χ3v) is 4.95. The second-order valence-electron chi connectivity index (χ2n) is 6.69. The molecule has 0 atom stereocenters. The molecule has 146 valence electrons. The summed E-state index contributed by atoms with van der Waals surface area (Å²) in [6.07, 6.45) is 0. The summed E-state index contributed by atoms with van der Waals surface area (Å²) in [6, 6.07) is 22.4. The molecule has 0 spiro atoms. The van der Waals surface area contributed by atoms with Gasteiger partial charge in [-0.3, -0.25) is 0 Å². The van der Waals surface area contributed by atoms with E-state index in [-0.39, 0.29) is 11.5 Å². The minimum Gasteiger partial charge on any atom is -0.449 e. The average Bonchev–Trinajstić information content (AvgIpc) is 3.18. The molecule has 2 aromatic heterocycles. The number of benzene rings is 3. The van der Waals surface area contributed by atoms with Crippen LogP contribution in [0, 0.1) is 0 Å². The van der Waals surface area contributed by atoms with Gasteiger partial charge in [-0.2, -0.15) is 0 Å². The Morgan fingerprint density at radius 1 is 0.800 bits per heavy atom. The number of carbonyl (C=O) groups is 1. The minimum absolute atomic E-state index is 0.0934. The quantitative estimate of drug-likeness (QED) is 0.202. The van der Waals surface area contributed by atoms with Crippen molar-refractivity contribution in [2.45, 2.75) is 0 Å². The predicted octanol–water partition coefficient (Wildman–Crippen LogP) is 6.08. The van der Waals surface area contributed by atoms with Gasteiger partial charge in [-0.25, -0.2) is 9.59 Å². The molecule has 5 rings (SSSR count). The highest BCUT2D eigenvalue weighted by atomic mass is 35.5. The largest absolute Gasteiger partial charge is 0.449 e. The molecule has 0 saturated heterocycles. The molecule has 6 heteroatoms. The molecule has 0 radical (unpaired) electrons. The van der Waals surface area contributed by atoms with Gasteiger partial charge in [0.05, 0.1) is 5.56 Å². The first-order valence-corrected chi connectivity index (χ1v) is 9.49. The summed E-state index contributed by atoms with van der Waals surface area (Å²) >= 11 is 5.91. The van der Waals surface area contributed by atoms with E-state index in [1.165, 1.54) is 6.07 Å². The van der Waals surface area contributed by atoms with Crippen LogP contribution in [0.25, 0.3) is 33.1 Å². The first-order chi connectivity index (χ1) is 14.6. The van der Waals surface area contributed by atoms with Crippen LogP contribution in [-0.2, 0) is 0 Å². The van der Waals surface area contributed by atoms with E-state index in [1.54, 1.807) is 54.6 Å². The van der Waals surface area contributed by atoms with Crippen molar-refractivity contribution < 1.29 is 18.4 Å². The number of esters is 1. The Hall–Kier alpha value is -3.83. The number of halogens is 1. The van der Waals surface area contributed by atoms with Crippen molar-refractivity contribution in [3.63, 3.8) is 0 Å². The van der Waals surface area contributed by atoms with Crippen LogP contribution in [0.1, 0.15) is 10.6 Å². The van der Waals surface area contributed by atoms with Crippen LogP contribution in [0.2, 0.25) is 5.02 Å². The number of hydrogen-bond acceptors (Lipinski definition) is 5. The molecule has 5 aromatic rings. The first-order valence-electron chi connectivity index (χ1n) is 9.11. The zero-order valence-corrected chi connectivity index (χ0v) is 16.2. The number of ether oxygens (including phenoxy) is 1. The molecule has 0 N–H and O–H groups in total. The molecule has 0 fully saturated rings. The van der Waals surface area contributed by atoms with Gasteiger partial charge >= 0.3 is 11.6 Å². The predicted molar refractivity (Wildman–Crippen MR) is 114 cm³/mol. The molecule has 0 saturated carbocycles. The van der Waals surface area contributed by atoms with Crippen LogP contribution in [0.3, 0.4) is 0 Å². The molecular weight excluding hydrogens is 404 g/mol. The molecule has 0 unspecified atom stereocenters. The van der Waals surface area contributed by atoms with E-state index in [1.807, 2.05) is 18.2 Å². The van der Waals surface area contributed by atoms with Crippen LogP contribution in [0.5, 0.6) is 5.75 Å². The second kappa shape index (κ2) is 7.21. The highest BCUT2D eigenvalue weighted by molar-refractivity contribution is 6.30. The van der Waals surface area contributed by atoms with Gasteiger partial charge in [-0.15, -0.1) is 0 Å². The van der Waals surface area contributed by atoms with Gasteiger partial charge in [0.2, 0.25) is 5.76 Å². The van der Waals surface area contributed by atoms with E-state index in [4.69, 9.17) is 25.2 Å². The number of rotatable bonds is 3. The molecule has 0 aliphatic rings. The molecule has 0 aliphatic carbocycles. The molecule has 2 heterocycles. The highest BCUT2D eigenvalue weighted by Crippen LogP contribution is 2.26. The van der Waals surface area contributed by atoms with Crippen LogP contribution in [-0.4, -0.2) is 5.97 Å². The Balaban J connectivity index is 1.46. The van der Waals surface area contributed by atoms with E-state index in [9.17, 15) is 9.59 Å². The Morgan fingerprint density at radius 2 is 1.57 bits per heavy atom. The van der Waals surface area contributed by atoms with Crippen molar-refractivity contribution in [1.82, 2.24) is 0 Å². The van der Waals surface area contributed by atoms with Crippen molar-refractivity contribution in [1.29, 1.82) is 0 Å². The lowest BCUT2D eigenvalue weighted by molar-refractivity contribution is 0.0704. The number of furan rings is 1. The topological polar surface area (TPSA) is 69.7 Å². The Bertz CT molecular complexity index is 1430. The Morgan fingerprint density at radius 3 is 2.37 bits per heavy atom. The van der Waals surface area contributed by atoms with E-state index in [0.717, 1.165) is 5.39 Å². The summed E-state index contributed by atoms with van der Waals surface area (Å²) in [5, 5.41) is 2.09. The number of carbonyl (C=O) groups excluding carboxylic acids is 1. The maximum absolute atomic E-state index is 12.5. The molecule has 3 aromatic carbocycles. The fourth-order valence-corrected chi connectivity index (χ4v) is 3.35. The average molecular weight is 417 g/mol. The maximum atomic E-state index is 12.5. The Labute approximate surface area is 175 Å². The lowest BCUT2D eigenvalue weighted by atomic mass is 10.1. The second-order valence-corrected chi connectivity index (χ2v) is 7.13. The molecule has 0 bridgehead atoms. The number of hydrogen-bond donors (Lipinski definition) is 0. The lowest BCUT2D eigenvalue weighted by Gasteiger charge is -2.05. The summed E-state index contributed by atoms with van der Waals surface area (Å²) in [4.78, 5) is 24.9. The van der Waals surface area contributed by atoms with Crippen LogP contribution in [0.4, 0.5) is 0 Å². The summed E-state index contributed by atoms with van der Waals surface area (Å²) in [6.45, 7) is 0. The summed E-state index contributed by atoms with van der Waals surface area (Å²) < 4.78 is 16.4. The summed E-state index contributed by atoms with van der Waals surface area (Å²) in [5.74, 6) is -0.295. The van der Waals surface area contributed by atoms with Crippen LogP contribution < -0.4 is 10.4 Å². The van der Waals surface area contributed by atoms with Gasteiger partial charge in [-0.05, 0) is 48.0 Å². The summed E-state index contributed by atoms with van der Waals surface area (Å²) in [5.41, 5.74) is 1.54. The Kier molecular flexibility index (Phi) is 4.38. The van der Waals surface area contributed by atoms with E-state index in [2.05, 4.69) is 0 Å². The smallest absolute Gasteiger partial charge is 0.379 e. The third kappa shape index (κ3) is 3.36. The van der Waals surface area contributed by atoms with Gasteiger partial charge in [0.25, 0.3) is 0 Å². The van der Waals surface area contributed by atoms with Crippen molar-refractivity contribution >= 4 is 39.5 Å². The fourth-order valence-electron chi connectivity index (χ4n) is 3.23. The van der Waals surface area contributed by atoms with Gasteiger partial charge in [-0.1, -0.05) is 41.9 Å². The highest BCUT2D eigenvalue weighted by Gasteiger charge is 2.16. The molecule has 5 nitrogen and oxygen atoms in total. The van der Waals surface area contributed by atoms with Crippen molar-refractivity contribution in [2.75, 3.05) is 0 Å². The fraction of sp³-hybridized carbons (Fsp3) is 0. The van der Waals surface area contributed by atoms with Crippen LogP contribution >= 0.6 is 11.6 Å². The molecule has 0 aliphatic heterocycles. The van der Waals surface area contributed by atoms with Crippen molar-refractivity contribution in [2.24, 2.45) is 0 Å². The maximum Gasteiger partial charge on any atom is 0.379 e. The normalized spacial score (nSPS) is 11.1. The molecule has 30 heavy (non-hydrogen) atoms. The van der Waals surface area contributed by atoms with E-state index >= 15 is 0 Å². The SMILES string of the molecule is O=C(Oc1ccc2cc(-c3ccc(Cl)cc3)c(=O)oc2c1)c1cc2ccccc2o1. The zero-order chi connectivity index (χ0) is 20.7.